The van der Waals surface area contributed by atoms with Crippen LogP contribution in [0.5, 0.6) is 11.5 Å². The van der Waals surface area contributed by atoms with Crippen molar-refractivity contribution in [1.29, 1.82) is 0 Å². The Bertz CT molecular complexity index is 885. The van der Waals surface area contributed by atoms with Crippen molar-refractivity contribution in [2.75, 3.05) is 26.3 Å². The van der Waals surface area contributed by atoms with E-state index < -0.39 is 6.04 Å². The molecule has 0 saturated heterocycles. The summed E-state index contributed by atoms with van der Waals surface area (Å²) in [6.45, 7) is 6.13. The molecule has 2 aromatic carbocycles. The number of carbonyl (C=O) groups excluding carboxylic acids is 2. The highest BCUT2D eigenvalue weighted by Crippen LogP contribution is 2.31. The lowest BCUT2D eigenvalue weighted by atomic mass is 10.1. The number of amides is 2. The summed E-state index contributed by atoms with van der Waals surface area (Å²) in [4.78, 5) is 27.6. The number of carbonyl (C=O) groups is 2. The third kappa shape index (κ3) is 6.74. The van der Waals surface area contributed by atoms with Crippen LogP contribution in [0.2, 0.25) is 0 Å². The molecule has 0 aromatic heterocycles. The van der Waals surface area contributed by atoms with Gasteiger partial charge in [0.15, 0.2) is 11.5 Å². The van der Waals surface area contributed by atoms with Gasteiger partial charge in [-0.05, 0) is 49.4 Å². The second kappa shape index (κ2) is 12.1. The summed E-state index contributed by atoms with van der Waals surface area (Å²) in [5.41, 5.74) is 2.17. The van der Waals surface area contributed by atoms with E-state index in [0.717, 1.165) is 35.5 Å². The van der Waals surface area contributed by atoms with E-state index in [-0.39, 0.29) is 11.8 Å². The molecule has 0 radical (unpaired) electrons. The fraction of sp³-hybridized carbons (Fsp3) is 0.462. The number of benzene rings is 2. The molecule has 6 heteroatoms. The van der Waals surface area contributed by atoms with Gasteiger partial charge in [-0.1, -0.05) is 49.7 Å². The van der Waals surface area contributed by atoms with E-state index in [1.165, 1.54) is 0 Å². The van der Waals surface area contributed by atoms with Gasteiger partial charge in [0.2, 0.25) is 11.8 Å². The molecule has 1 aliphatic rings. The first-order valence-electron chi connectivity index (χ1n) is 11.6. The quantitative estimate of drug-likeness (QED) is 0.543. The van der Waals surface area contributed by atoms with Gasteiger partial charge in [0.25, 0.3) is 0 Å². The van der Waals surface area contributed by atoms with Gasteiger partial charge < -0.3 is 19.7 Å². The van der Waals surface area contributed by atoms with Crippen molar-refractivity contribution < 1.29 is 19.1 Å². The number of aryl methyl sites for hydroxylation is 1. The fourth-order valence-corrected chi connectivity index (χ4v) is 3.74. The van der Waals surface area contributed by atoms with Crippen LogP contribution in [0.25, 0.3) is 0 Å². The van der Waals surface area contributed by atoms with Gasteiger partial charge in [-0.15, -0.1) is 0 Å². The van der Waals surface area contributed by atoms with Crippen molar-refractivity contribution in [1.82, 2.24) is 10.2 Å². The molecule has 32 heavy (non-hydrogen) atoms. The summed E-state index contributed by atoms with van der Waals surface area (Å²) in [6, 6.07) is 15.3. The van der Waals surface area contributed by atoms with Crippen molar-refractivity contribution in [3.63, 3.8) is 0 Å². The number of nitrogens with zero attached hydrogens (tertiary/aromatic N) is 1. The molecular formula is C26H34N2O4. The summed E-state index contributed by atoms with van der Waals surface area (Å²) in [5, 5.41) is 2.96. The van der Waals surface area contributed by atoms with E-state index in [4.69, 9.17) is 9.47 Å². The Labute approximate surface area is 190 Å². The van der Waals surface area contributed by atoms with Gasteiger partial charge >= 0.3 is 0 Å². The van der Waals surface area contributed by atoms with Crippen LogP contribution in [-0.4, -0.2) is 49.1 Å². The van der Waals surface area contributed by atoms with Crippen molar-refractivity contribution in [2.45, 2.75) is 52.0 Å². The highest BCUT2D eigenvalue weighted by Gasteiger charge is 2.25. The van der Waals surface area contributed by atoms with Crippen molar-refractivity contribution in [2.24, 2.45) is 0 Å². The maximum Gasteiger partial charge on any atom is 0.242 e. The molecule has 0 fully saturated rings. The first kappa shape index (κ1) is 23.6. The van der Waals surface area contributed by atoms with Gasteiger partial charge in [0, 0.05) is 19.5 Å². The minimum Gasteiger partial charge on any atom is -0.486 e. The van der Waals surface area contributed by atoms with Gasteiger partial charge in [0.1, 0.15) is 19.3 Å². The Balaban J connectivity index is 1.63. The average molecular weight is 439 g/mol. The van der Waals surface area contributed by atoms with Crippen LogP contribution in [0.15, 0.2) is 48.5 Å². The second-order valence-electron chi connectivity index (χ2n) is 8.12. The number of rotatable bonds is 11. The fourth-order valence-electron chi connectivity index (χ4n) is 3.74. The summed E-state index contributed by atoms with van der Waals surface area (Å²) < 4.78 is 11.2. The number of unbranched alkanes of at least 4 members (excludes halogenated alkanes) is 1. The van der Waals surface area contributed by atoms with E-state index in [1.54, 1.807) is 4.90 Å². The molecule has 1 aliphatic heterocycles. The first-order valence-corrected chi connectivity index (χ1v) is 11.6. The molecular weight excluding hydrogens is 404 g/mol. The second-order valence-corrected chi connectivity index (χ2v) is 8.12. The lowest BCUT2D eigenvalue weighted by molar-refractivity contribution is -0.139. The molecule has 0 spiro atoms. The van der Waals surface area contributed by atoms with Crippen LogP contribution < -0.4 is 14.8 Å². The Morgan fingerprint density at radius 2 is 1.75 bits per heavy atom. The largest absolute Gasteiger partial charge is 0.486 e. The minimum atomic E-state index is -0.511. The highest BCUT2D eigenvalue weighted by atomic mass is 16.6. The number of hydrogen-bond donors (Lipinski definition) is 1. The highest BCUT2D eigenvalue weighted by molar-refractivity contribution is 5.87. The number of ether oxygens (including phenoxy) is 2. The Kier molecular flexibility index (Phi) is 8.96. The van der Waals surface area contributed by atoms with E-state index in [9.17, 15) is 9.59 Å². The first-order chi connectivity index (χ1) is 15.6. The molecule has 2 aromatic rings. The standard InChI is InChI=1S/C26H34N2O4/c1-3-4-15-27-26(30)20(2)28(16-14-21-8-6-5-7-9-21)25(29)13-11-22-10-12-23-24(19-22)32-18-17-31-23/h5-10,12,19-20H,3-4,11,13-18H2,1-2H3,(H,27,30). The van der Waals surface area contributed by atoms with Crippen molar-refractivity contribution in [3.05, 3.63) is 59.7 Å². The Morgan fingerprint density at radius 3 is 2.50 bits per heavy atom. The predicted molar refractivity (Wildman–Crippen MR) is 125 cm³/mol. The summed E-state index contributed by atoms with van der Waals surface area (Å²) in [5.74, 6) is 1.35. The zero-order chi connectivity index (χ0) is 22.8. The van der Waals surface area contributed by atoms with E-state index in [2.05, 4.69) is 12.2 Å². The minimum absolute atomic E-state index is 0.0195. The monoisotopic (exact) mass is 438 g/mol. The van der Waals surface area contributed by atoms with E-state index >= 15 is 0 Å². The van der Waals surface area contributed by atoms with E-state index in [1.807, 2.05) is 55.5 Å². The third-order valence-corrected chi connectivity index (χ3v) is 5.72. The molecule has 1 heterocycles. The van der Waals surface area contributed by atoms with Crippen LogP contribution in [0.3, 0.4) is 0 Å². The van der Waals surface area contributed by atoms with Gasteiger partial charge in [-0.25, -0.2) is 0 Å². The summed E-state index contributed by atoms with van der Waals surface area (Å²) >= 11 is 0. The molecule has 0 aliphatic carbocycles. The lowest BCUT2D eigenvalue weighted by Crippen LogP contribution is -2.49. The topological polar surface area (TPSA) is 67.9 Å². The molecule has 1 N–H and O–H groups in total. The number of fused-ring (bicyclic) bond motifs is 1. The maximum atomic E-state index is 13.2. The molecule has 6 nitrogen and oxygen atoms in total. The van der Waals surface area contributed by atoms with Crippen molar-refractivity contribution >= 4 is 11.8 Å². The van der Waals surface area contributed by atoms with Crippen molar-refractivity contribution in [3.8, 4) is 11.5 Å². The van der Waals surface area contributed by atoms with Gasteiger partial charge in [0.05, 0.1) is 0 Å². The molecule has 0 bridgehead atoms. The van der Waals surface area contributed by atoms with E-state index in [0.29, 0.717) is 45.6 Å². The molecule has 1 unspecified atom stereocenters. The lowest BCUT2D eigenvalue weighted by Gasteiger charge is -2.29. The summed E-state index contributed by atoms with van der Waals surface area (Å²) in [7, 11) is 0. The number of hydrogen-bond acceptors (Lipinski definition) is 4. The Morgan fingerprint density at radius 1 is 1.00 bits per heavy atom. The zero-order valence-electron chi connectivity index (χ0n) is 19.1. The van der Waals surface area contributed by atoms with Crippen LogP contribution in [-0.2, 0) is 22.4 Å². The van der Waals surface area contributed by atoms with Gasteiger partial charge in [-0.3, -0.25) is 9.59 Å². The SMILES string of the molecule is CCCCNC(=O)C(C)N(CCc1ccccc1)C(=O)CCc1ccc2c(c1)OCCO2. The molecule has 1 atom stereocenters. The Hall–Kier alpha value is -3.02. The van der Waals surface area contributed by atoms with Crippen LogP contribution in [0, 0.1) is 0 Å². The normalized spacial score (nSPS) is 13.3. The molecule has 172 valence electrons. The average Bonchev–Trinajstić information content (AvgIpc) is 2.83. The third-order valence-electron chi connectivity index (χ3n) is 5.72. The molecule has 3 rings (SSSR count). The van der Waals surface area contributed by atoms with Gasteiger partial charge in [-0.2, -0.15) is 0 Å². The summed E-state index contributed by atoms with van der Waals surface area (Å²) in [6.07, 6.45) is 3.58. The number of nitrogens with one attached hydrogen (secondary N) is 1. The zero-order valence-corrected chi connectivity index (χ0v) is 19.1. The predicted octanol–water partition coefficient (Wildman–Crippen LogP) is 3.77. The smallest absolute Gasteiger partial charge is 0.242 e. The maximum absolute atomic E-state index is 13.2. The molecule has 0 saturated carbocycles. The van der Waals surface area contributed by atoms with Crippen LogP contribution in [0.4, 0.5) is 0 Å². The van der Waals surface area contributed by atoms with Crippen LogP contribution >= 0.6 is 0 Å². The van der Waals surface area contributed by atoms with Crippen LogP contribution in [0.1, 0.15) is 44.2 Å². The molecule has 2 amide bonds.